The molecular weight excluding hydrogens is 436 g/mol. The topological polar surface area (TPSA) is 86.3 Å². The Hall–Kier alpha value is -1.62. The lowest BCUT2D eigenvalue weighted by atomic mass is 10.1. The lowest BCUT2D eigenvalue weighted by Crippen LogP contribution is -1.92. The van der Waals surface area contributed by atoms with E-state index in [9.17, 15) is 20.2 Å². The van der Waals surface area contributed by atoms with Gasteiger partial charge in [-0.1, -0.05) is 24.3 Å². The van der Waals surface area contributed by atoms with Crippen molar-refractivity contribution in [2.45, 2.75) is 12.8 Å². The summed E-state index contributed by atoms with van der Waals surface area (Å²) in [6.07, 6.45) is 1.56. The molecule has 0 amide bonds. The molecule has 28 heavy (non-hydrogen) atoms. The third kappa shape index (κ3) is 7.42. The van der Waals surface area contributed by atoms with Gasteiger partial charge in [0.25, 0.3) is 11.4 Å². The number of nitro groups is 2. The van der Waals surface area contributed by atoms with Crippen LogP contribution in [0.15, 0.2) is 57.0 Å². The molecule has 0 N–H and O–H groups in total. The average molecular weight is 455 g/mol. The molecule has 0 bridgehead atoms. The van der Waals surface area contributed by atoms with Gasteiger partial charge in [-0.15, -0.1) is 48.8 Å². The van der Waals surface area contributed by atoms with Gasteiger partial charge in [-0.25, -0.2) is 0 Å². The maximum absolute atomic E-state index is 10.7. The standard InChI is InChI=1S/C18H18N2O4S4/c21-19(22)15-5-1-13(2-6-15)9-11-27-17(25)18(26)28-12-10-14-3-7-16(8-4-14)20(23)24/h1-8,25-26H,9-12H2/b18-17-. The van der Waals surface area contributed by atoms with Crippen LogP contribution in [0.4, 0.5) is 11.4 Å². The molecular formula is C18H18N2O4S4. The molecule has 10 heteroatoms. The van der Waals surface area contributed by atoms with E-state index in [1.165, 1.54) is 24.3 Å². The number of thioether (sulfide) groups is 2. The zero-order valence-corrected chi connectivity index (χ0v) is 18.1. The van der Waals surface area contributed by atoms with Gasteiger partial charge in [-0.3, -0.25) is 20.2 Å². The fraction of sp³-hybridized carbons (Fsp3) is 0.222. The van der Waals surface area contributed by atoms with Crippen LogP contribution in [0.3, 0.4) is 0 Å². The van der Waals surface area contributed by atoms with Crippen molar-refractivity contribution in [2.24, 2.45) is 0 Å². The van der Waals surface area contributed by atoms with Gasteiger partial charge in [0.05, 0.1) is 18.3 Å². The second-order valence-corrected chi connectivity index (χ2v) is 9.36. The Morgan fingerprint density at radius 2 is 1.04 bits per heavy atom. The van der Waals surface area contributed by atoms with Crippen LogP contribution >= 0.6 is 48.8 Å². The smallest absolute Gasteiger partial charge is 0.258 e. The lowest BCUT2D eigenvalue weighted by Gasteiger charge is -2.06. The summed E-state index contributed by atoms with van der Waals surface area (Å²) in [5, 5.41) is 21.3. The van der Waals surface area contributed by atoms with Crippen molar-refractivity contribution < 1.29 is 9.85 Å². The lowest BCUT2D eigenvalue weighted by molar-refractivity contribution is -0.385. The van der Waals surface area contributed by atoms with Gasteiger partial charge in [-0.2, -0.15) is 0 Å². The Morgan fingerprint density at radius 1 is 0.714 bits per heavy atom. The summed E-state index contributed by atoms with van der Waals surface area (Å²) in [4.78, 5) is 20.5. The molecule has 2 rings (SSSR count). The monoisotopic (exact) mass is 454 g/mol. The van der Waals surface area contributed by atoms with Crippen molar-refractivity contribution in [2.75, 3.05) is 11.5 Å². The highest BCUT2D eigenvalue weighted by atomic mass is 32.2. The number of nitrogens with zero attached hydrogens (tertiary/aromatic N) is 2. The molecule has 0 aromatic heterocycles. The highest BCUT2D eigenvalue weighted by Crippen LogP contribution is 2.33. The summed E-state index contributed by atoms with van der Waals surface area (Å²) in [6.45, 7) is 0. The Kier molecular flexibility index (Phi) is 9.23. The van der Waals surface area contributed by atoms with Crippen LogP contribution in [-0.2, 0) is 12.8 Å². The number of benzene rings is 2. The first-order chi connectivity index (χ1) is 13.4. The van der Waals surface area contributed by atoms with Gasteiger partial charge in [0.2, 0.25) is 0 Å². The molecule has 148 valence electrons. The predicted molar refractivity (Wildman–Crippen MR) is 124 cm³/mol. The largest absolute Gasteiger partial charge is 0.269 e. The summed E-state index contributed by atoms with van der Waals surface area (Å²) in [5.41, 5.74) is 2.25. The van der Waals surface area contributed by atoms with Crippen LogP contribution in [0.5, 0.6) is 0 Å². The normalized spacial score (nSPS) is 11.8. The molecule has 2 aromatic carbocycles. The molecule has 0 radical (unpaired) electrons. The summed E-state index contributed by atoms with van der Waals surface area (Å²) in [7, 11) is 0. The van der Waals surface area contributed by atoms with Gasteiger partial charge in [-0.05, 0) is 24.0 Å². The second kappa shape index (κ2) is 11.4. The molecule has 0 atom stereocenters. The van der Waals surface area contributed by atoms with E-state index < -0.39 is 9.85 Å². The first-order valence-corrected chi connectivity index (χ1v) is 11.1. The van der Waals surface area contributed by atoms with E-state index in [2.05, 4.69) is 25.3 Å². The van der Waals surface area contributed by atoms with Crippen molar-refractivity contribution in [3.05, 3.63) is 88.4 Å². The first-order valence-electron chi connectivity index (χ1n) is 8.21. The maximum Gasteiger partial charge on any atom is 0.269 e. The molecule has 0 aliphatic rings. The van der Waals surface area contributed by atoms with Gasteiger partial charge >= 0.3 is 0 Å². The average Bonchev–Trinajstić information content (AvgIpc) is 2.68. The second-order valence-electron chi connectivity index (χ2n) is 5.65. The van der Waals surface area contributed by atoms with Crippen LogP contribution in [0, 0.1) is 20.2 Å². The highest BCUT2D eigenvalue weighted by molar-refractivity contribution is 8.21. The molecule has 0 unspecified atom stereocenters. The van der Waals surface area contributed by atoms with Crippen LogP contribution in [0.25, 0.3) is 0 Å². The third-order valence-electron chi connectivity index (χ3n) is 3.74. The summed E-state index contributed by atoms with van der Waals surface area (Å²) >= 11 is 12.1. The summed E-state index contributed by atoms with van der Waals surface area (Å²) in [6, 6.07) is 13.1. The summed E-state index contributed by atoms with van der Waals surface area (Å²) in [5.74, 6) is 1.59. The van der Waals surface area contributed by atoms with Crippen LogP contribution < -0.4 is 0 Å². The number of non-ortho nitro benzene ring substituents is 2. The van der Waals surface area contributed by atoms with E-state index in [0.717, 1.165) is 43.9 Å². The van der Waals surface area contributed by atoms with Crippen molar-refractivity contribution in [1.82, 2.24) is 0 Å². The minimum atomic E-state index is -0.409. The molecule has 2 aromatic rings. The highest BCUT2D eigenvalue weighted by Gasteiger charge is 2.07. The predicted octanol–water partition coefficient (Wildman–Crippen LogP) is 5.74. The minimum absolute atomic E-state index is 0.0910. The van der Waals surface area contributed by atoms with Crippen LogP contribution in [0.2, 0.25) is 0 Å². The Labute approximate surface area is 182 Å². The Bertz CT molecular complexity index is 783. The maximum atomic E-state index is 10.7. The van der Waals surface area contributed by atoms with E-state index in [0.29, 0.717) is 0 Å². The van der Waals surface area contributed by atoms with Crippen molar-refractivity contribution in [3.63, 3.8) is 0 Å². The number of aryl methyl sites for hydroxylation is 2. The summed E-state index contributed by atoms with van der Waals surface area (Å²) < 4.78 is 1.66. The number of nitro benzene ring substituents is 2. The Balaban J connectivity index is 1.74. The van der Waals surface area contributed by atoms with Crippen LogP contribution in [0.1, 0.15) is 11.1 Å². The number of thiol groups is 2. The van der Waals surface area contributed by atoms with E-state index in [4.69, 9.17) is 0 Å². The molecule has 0 fully saturated rings. The molecule has 0 heterocycles. The van der Waals surface area contributed by atoms with Crippen molar-refractivity contribution >= 4 is 60.2 Å². The molecule has 0 saturated carbocycles. The van der Waals surface area contributed by atoms with Gasteiger partial charge in [0.15, 0.2) is 0 Å². The Morgan fingerprint density at radius 3 is 1.32 bits per heavy atom. The molecule has 0 saturated heterocycles. The minimum Gasteiger partial charge on any atom is -0.258 e. The molecule has 6 nitrogen and oxygen atoms in total. The zero-order chi connectivity index (χ0) is 20.5. The fourth-order valence-corrected chi connectivity index (χ4v) is 4.82. The van der Waals surface area contributed by atoms with Gasteiger partial charge < -0.3 is 0 Å². The van der Waals surface area contributed by atoms with Crippen molar-refractivity contribution in [1.29, 1.82) is 0 Å². The quantitative estimate of drug-likeness (QED) is 0.270. The molecule has 0 spiro atoms. The van der Waals surface area contributed by atoms with E-state index in [1.807, 2.05) is 0 Å². The van der Waals surface area contributed by atoms with Gasteiger partial charge in [0, 0.05) is 35.8 Å². The van der Waals surface area contributed by atoms with E-state index in [1.54, 1.807) is 47.8 Å². The fourth-order valence-electron chi connectivity index (χ4n) is 2.22. The number of hydrogen-bond acceptors (Lipinski definition) is 8. The van der Waals surface area contributed by atoms with E-state index in [-0.39, 0.29) is 11.4 Å². The molecule has 0 aliphatic carbocycles. The number of rotatable bonds is 10. The molecule has 0 aliphatic heterocycles. The zero-order valence-electron chi connectivity index (χ0n) is 14.7. The number of hydrogen-bond donors (Lipinski definition) is 2. The van der Waals surface area contributed by atoms with Crippen molar-refractivity contribution in [3.8, 4) is 0 Å². The SMILES string of the molecule is O=[N+]([O-])c1ccc(CCS/C(S)=C(/S)SCCc2ccc([N+](=O)[O-])cc2)cc1. The van der Waals surface area contributed by atoms with Crippen LogP contribution in [-0.4, -0.2) is 21.4 Å². The van der Waals surface area contributed by atoms with E-state index >= 15 is 0 Å². The first kappa shape index (κ1) is 22.7. The van der Waals surface area contributed by atoms with Gasteiger partial charge in [0.1, 0.15) is 0 Å². The third-order valence-corrected chi connectivity index (χ3v) is 7.34.